The quantitative estimate of drug-likeness (QED) is 0.136. The van der Waals surface area contributed by atoms with Crippen LogP contribution in [-0.4, -0.2) is 100 Å². The minimum absolute atomic E-state index is 0.0463. The van der Waals surface area contributed by atoms with Gasteiger partial charge in [-0.05, 0) is 70.0 Å². The van der Waals surface area contributed by atoms with E-state index in [1.807, 2.05) is 0 Å². The SMILES string of the molecule is CC(=O)O[C@H]1[C@H](c2ccc3c(N)ncnn23)O[C@](C)(COP(=O)(N[C@@H](C)C(=O)OCC2CCN(CC(F)(F)F)CC2)Oc2ccccc2)[C@H]1OC(C)=O. The molecule has 2 fully saturated rings. The van der Waals surface area contributed by atoms with E-state index in [-0.39, 0.29) is 37.2 Å². The number of ether oxygens (including phenoxy) is 4. The van der Waals surface area contributed by atoms with Gasteiger partial charge in [0.15, 0.2) is 18.0 Å². The number of piperidine rings is 1. The number of nitrogens with zero attached hydrogens (tertiary/aromatic N) is 4. The Labute approximate surface area is 302 Å². The zero-order valence-electron chi connectivity index (χ0n) is 29.5. The van der Waals surface area contributed by atoms with E-state index in [1.54, 1.807) is 30.3 Å². The molecule has 0 spiro atoms. The zero-order valence-corrected chi connectivity index (χ0v) is 30.4. The average molecular weight is 771 g/mol. The van der Waals surface area contributed by atoms with Gasteiger partial charge >= 0.3 is 31.8 Å². The van der Waals surface area contributed by atoms with Gasteiger partial charge in [-0.3, -0.25) is 23.8 Å². The van der Waals surface area contributed by atoms with Gasteiger partial charge in [-0.1, -0.05) is 18.2 Å². The fourth-order valence-electron chi connectivity index (χ4n) is 6.25. The highest BCUT2D eigenvalue weighted by atomic mass is 31.2. The second-order valence-corrected chi connectivity index (χ2v) is 14.8. The summed E-state index contributed by atoms with van der Waals surface area (Å²) >= 11 is 0. The van der Waals surface area contributed by atoms with Crippen molar-refractivity contribution in [2.75, 3.05) is 38.6 Å². The molecule has 16 nitrogen and oxygen atoms in total. The van der Waals surface area contributed by atoms with Gasteiger partial charge < -0.3 is 29.2 Å². The van der Waals surface area contributed by atoms with Crippen LogP contribution in [0.5, 0.6) is 5.75 Å². The van der Waals surface area contributed by atoms with Gasteiger partial charge in [-0.2, -0.15) is 23.4 Å². The third-order valence-electron chi connectivity index (χ3n) is 8.76. The van der Waals surface area contributed by atoms with Crippen molar-refractivity contribution in [2.24, 2.45) is 5.92 Å². The third kappa shape index (κ3) is 10.2. The highest BCUT2D eigenvalue weighted by Gasteiger charge is 2.58. The minimum atomic E-state index is -4.50. The van der Waals surface area contributed by atoms with Crippen molar-refractivity contribution in [3.63, 3.8) is 0 Å². The van der Waals surface area contributed by atoms with Gasteiger partial charge in [0.05, 0.1) is 25.5 Å². The monoisotopic (exact) mass is 770 g/mol. The number of rotatable bonds is 14. The van der Waals surface area contributed by atoms with Crippen LogP contribution >= 0.6 is 7.75 Å². The molecule has 53 heavy (non-hydrogen) atoms. The van der Waals surface area contributed by atoms with Gasteiger partial charge in [-0.25, -0.2) is 14.1 Å². The van der Waals surface area contributed by atoms with Gasteiger partial charge in [-0.15, -0.1) is 0 Å². The number of nitrogens with one attached hydrogen (secondary N) is 1. The summed E-state index contributed by atoms with van der Waals surface area (Å²) in [5, 5.41) is 6.83. The van der Waals surface area contributed by atoms with Crippen molar-refractivity contribution in [3.05, 3.63) is 54.5 Å². The highest BCUT2D eigenvalue weighted by molar-refractivity contribution is 7.52. The van der Waals surface area contributed by atoms with Crippen LogP contribution in [0.1, 0.15) is 52.3 Å². The highest BCUT2D eigenvalue weighted by Crippen LogP contribution is 2.50. The molecule has 0 radical (unpaired) electrons. The summed E-state index contributed by atoms with van der Waals surface area (Å²) in [4.78, 5) is 43.1. The Morgan fingerprint density at radius 2 is 1.77 bits per heavy atom. The molecule has 4 heterocycles. The molecule has 0 saturated carbocycles. The van der Waals surface area contributed by atoms with Crippen molar-refractivity contribution in [2.45, 2.75) is 76.7 Å². The summed E-state index contributed by atoms with van der Waals surface area (Å²) in [6.07, 6.45) is -5.92. The van der Waals surface area contributed by atoms with Crippen LogP contribution in [0.4, 0.5) is 19.0 Å². The van der Waals surface area contributed by atoms with Crippen LogP contribution in [0, 0.1) is 5.92 Å². The first-order valence-corrected chi connectivity index (χ1v) is 18.3. The molecule has 2 aliphatic heterocycles. The number of alkyl halides is 3. The molecule has 2 saturated heterocycles. The maximum atomic E-state index is 14.4. The van der Waals surface area contributed by atoms with Crippen LogP contribution in [0.3, 0.4) is 0 Å². The summed E-state index contributed by atoms with van der Waals surface area (Å²) in [5.74, 6) is -2.12. The lowest BCUT2D eigenvalue weighted by atomic mass is 9.96. The maximum Gasteiger partial charge on any atom is 0.459 e. The largest absolute Gasteiger partial charge is 0.464 e. The number of anilines is 1. The van der Waals surface area contributed by atoms with Crippen LogP contribution in [0.15, 0.2) is 48.8 Å². The number of esters is 3. The Kier molecular flexibility index (Phi) is 12.3. The van der Waals surface area contributed by atoms with Crippen LogP contribution in [0.2, 0.25) is 0 Å². The third-order valence-corrected chi connectivity index (χ3v) is 10.4. The van der Waals surface area contributed by atoms with Crippen LogP contribution < -0.4 is 15.3 Å². The van der Waals surface area contributed by atoms with E-state index in [0.29, 0.717) is 24.1 Å². The van der Waals surface area contributed by atoms with E-state index in [4.69, 9.17) is 33.7 Å². The van der Waals surface area contributed by atoms with Gasteiger partial charge in [0.25, 0.3) is 0 Å². The molecule has 1 unspecified atom stereocenters. The smallest absolute Gasteiger partial charge is 0.459 e. The molecule has 0 aliphatic carbocycles. The second kappa shape index (κ2) is 16.4. The molecule has 20 heteroatoms. The first kappa shape index (κ1) is 39.9. The number of likely N-dealkylation sites (tertiary alicyclic amines) is 1. The molecule has 1 aromatic carbocycles. The summed E-state index contributed by atoms with van der Waals surface area (Å²) in [6.45, 7) is 4.00. The van der Waals surface area contributed by atoms with E-state index in [2.05, 4.69) is 15.2 Å². The standard InChI is InChI=1S/C33H42F3N6O10P/c1-20(31(45)47-16-23-12-14-41(15-13-23)17-33(34,35)36)40-53(46,52-24-8-6-5-7-9-24)48-18-32(4)29(50-22(3)44)28(49-21(2)43)27(51-32)25-10-11-26-30(37)38-19-39-42(25)26/h5-11,19-20,23,27-29H,12-18H2,1-4H3,(H,40,46)(H2,37,38,39)/t20-,27-,28-,29-,32+,53?/m0/s1. The van der Waals surface area contributed by atoms with Crippen molar-refractivity contribution >= 4 is 37.0 Å². The van der Waals surface area contributed by atoms with Crippen molar-refractivity contribution < 1.29 is 60.1 Å². The molecule has 0 amide bonds. The Balaban J connectivity index is 1.33. The fraction of sp³-hybridized carbons (Fsp3) is 0.545. The Morgan fingerprint density at radius 3 is 2.42 bits per heavy atom. The molecule has 3 N–H and O–H groups in total. The van der Waals surface area contributed by atoms with E-state index in [9.17, 15) is 32.1 Å². The number of nitrogens with two attached hydrogens (primary N) is 1. The summed E-state index contributed by atoms with van der Waals surface area (Å²) < 4.78 is 89.1. The number of hydrogen-bond acceptors (Lipinski definition) is 14. The van der Waals surface area contributed by atoms with E-state index in [1.165, 1.54) is 48.6 Å². The van der Waals surface area contributed by atoms with Crippen LogP contribution in [0.25, 0.3) is 5.52 Å². The molecule has 290 valence electrons. The van der Waals surface area contributed by atoms with E-state index in [0.717, 1.165) is 6.92 Å². The van der Waals surface area contributed by atoms with Gasteiger partial charge in [0.1, 0.15) is 35.3 Å². The average Bonchev–Trinajstić information content (AvgIpc) is 3.62. The zero-order chi connectivity index (χ0) is 38.6. The van der Waals surface area contributed by atoms with Crippen molar-refractivity contribution in [1.82, 2.24) is 24.6 Å². The van der Waals surface area contributed by atoms with E-state index < -0.39 is 74.9 Å². The lowest BCUT2D eigenvalue weighted by molar-refractivity contribution is -0.169. The number of fused-ring (bicyclic) bond motifs is 1. The molecule has 2 aromatic heterocycles. The Bertz CT molecular complexity index is 1810. The summed E-state index contributed by atoms with van der Waals surface area (Å²) in [5.41, 5.74) is 5.17. The first-order valence-electron chi connectivity index (χ1n) is 16.8. The number of carbonyl (C=O) groups is 3. The molecule has 6 atom stereocenters. The lowest BCUT2D eigenvalue weighted by Gasteiger charge is -2.33. The van der Waals surface area contributed by atoms with E-state index >= 15 is 0 Å². The second-order valence-electron chi connectivity index (χ2n) is 13.1. The van der Waals surface area contributed by atoms with Crippen LogP contribution in [-0.2, 0) is 42.4 Å². The number of benzene rings is 1. The number of carbonyl (C=O) groups excluding carboxylic acids is 3. The molecule has 5 rings (SSSR count). The number of halogens is 3. The molecular weight excluding hydrogens is 728 g/mol. The number of nitrogen functional groups attached to an aromatic ring is 1. The van der Waals surface area contributed by atoms with Crippen molar-refractivity contribution in [1.29, 1.82) is 0 Å². The molecule has 0 bridgehead atoms. The lowest BCUT2D eigenvalue weighted by Crippen LogP contribution is -2.48. The minimum Gasteiger partial charge on any atom is -0.464 e. The van der Waals surface area contributed by atoms with Gasteiger partial charge in [0.2, 0.25) is 0 Å². The van der Waals surface area contributed by atoms with Crippen molar-refractivity contribution in [3.8, 4) is 5.75 Å². The normalized spacial score (nSPS) is 24.3. The molecule has 3 aromatic rings. The first-order chi connectivity index (χ1) is 24.9. The predicted octanol–water partition coefficient (Wildman–Crippen LogP) is 4.00. The number of hydrogen-bond donors (Lipinski definition) is 2. The molecule has 2 aliphatic rings. The Hall–Kier alpha value is -4.29. The number of para-hydroxylation sites is 1. The molecular formula is C33H42F3N6O10P. The Morgan fingerprint density at radius 1 is 1.09 bits per heavy atom. The van der Waals surface area contributed by atoms with Gasteiger partial charge in [0, 0.05) is 13.8 Å². The predicted molar refractivity (Wildman–Crippen MR) is 180 cm³/mol. The summed E-state index contributed by atoms with van der Waals surface area (Å²) in [7, 11) is -4.50. The fourth-order valence-corrected chi connectivity index (χ4v) is 7.84. The maximum absolute atomic E-state index is 14.4. The number of aromatic nitrogens is 3. The summed E-state index contributed by atoms with van der Waals surface area (Å²) in [6, 6.07) is 9.99. The topological polar surface area (TPSA) is 195 Å².